The van der Waals surface area contributed by atoms with E-state index in [1.54, 1.807) is 40.6 Å². The molecule has 154 valence electrons. The number of nitrogens with zero attached hydrogens (tertiary/aromatic N) is 2. The summed E-state index contributed by atoms with van der Waals surface area (Å²) in [5.41, 5.74) is 0.201. The first-order valence-corrected chi connectivity index (χ1v) is 9.84. The van der Waals surface area contributed by atoms with Crippen molar-refractivity contribution in [1.29, 1.82) is 0 Å². The molecule has 0 aliphatic carbocycles. The van der Waals surface area contributed by atoms with Gasteiger partial charge in [0.1, 0.15) is 6.04 Å². The summed E-state index contributed by atoms with van der Waals surface area (Å²) < 4.78 is 69.3. The molecule has 7 nitrogen and oxygen atoms in total. The van der Waals surface area contributed by atoms with Crippen LogP contribution in [0.3, 0.4) is 0 Å². The molecule has 1 heterocycles. The second-order valence-corrected chi connectivity index (χ2v) is 8.11. The Balaban J connectivity index is 2.00. The van der Waals surface area contributed by atoms with Crippen LogP contribution in [0.4, 0.5) is 18.9 Å². The third-order valence-corrected chi connectivity index (χ3v) is 5.97. The molecule has 0 radical (unpaired) electrons. The Bertz CT molecular complexity index is 1170. The van der Waals surface area contributed by atoms with Crippen LogP contribution >= 0.6 is 0 Å². The number of hydrogen-bond acceptors (Lipinski definition) is 4. The fraction of sp³-hybridized carbons (Fsp3) is 0.222. The first-order chi connectivity index (χ1) is 13.5. The van der Waals surface area contributed by atoms with Gasteiger partial charge in [0.25, 0.3) is 5.69 Å². The molecule has 0 saturated heterocycles. The Morgan fingerprint density at radius 2 is 1.76 bits per heavy atom. The third kappa shape index (κ3) is 4.25. The summed E-state index contributed by atoms with van der Waals surface area (Å²) >= 11 is 0. The summed E-state index contributed by atoms with van der Waals surface area (Å²) in [4.78, 5) is 9.30. The lowest BCUT2D eigenvalue weighted by Crippen LogP contribution is -2.46. The Kier molecular flexibility index (Phi) is 5.37. The van der Waals surface area contributed by atoms with Crippen molar-refractivity contribution in [3.8, 4) is 0 Å². The number of halogens is 3. The van der Waals surface area contributed by atoms with Gasteiger partial charge in [0.2, 0.25) is 10.0 Å². The number of para-hydroxylation sites is 2. The number of nitrogens with one attached hydrogen (secondary N) is 1. The minimum Gasteiger partial charge on any atom is -0.350 e. The van der Waals surface area contributed by atoms with Gasteiger partial charge < -0.3 is 4.57 Å². The van der Waals surface area contributed by atoms with Crippen molar-refractivity contribution < 1.29 is 26.5 Å². The molecule has 29 heavy (non-hydrogen) atoms. The summed E-state index contributed by atoms with van der Waals surface area (Å²) in [5.74, 6) is 0. The summed E-state index contributed by atoms with van der Waals surface area (Å²) in [6.07, 6.45) is -4.07. The van der Waals surface area contributed by atoms with Gasteiger partial charge >= 0.3 is 6.18 Å². The van der Waals surface area contributed by atoms with Gasteiger partial charge in [-0.3, -0.25) is 10.1 Å². The van der Waals surface area contributed by atoms with E-state index in [0.717, 1.165) is 12.1 Å². The molecule has 0 amide bonds. The van der Waals surface area contributed by atoms with Crippen LogP contribution < -0.4 is 4.72 Å². The van der Waals surface area contributed by atoms with E-state index in [9.17, 15) is 31.7 Å². The maximum absolute atomic E-state index is 13.7. The number of alkyl halides is 3. The molecule has 3 aromatic rings. The van der Waals surface area contributed by atoms with Gasteiger partial charge in [-0.2, -0.15) is 17.9 Å². The molecule has 0 spiro atoms. The molecule has 0 aliphatic heterocycles. The van der Waals surface area contributed by atoms with Crippen molar-refractivity contribution >= 4 is 26.6 Å². The maximum atomic E-state index is 13.7. The normalized spacial score (nSPS) is 13.5. The summed E-state index contributed by atoms with van der Waals surface area (Å²) in [6.45, 7) is 0. The number of hydrogen-bond donors (Lipinski definition) is 1. The van der Waals surface area contributed by atoms with Gasteiger partial charge in [-0.15, -0.1) is 0 Å². The van der Waals surface area contributed by atoms with Gasteiger partial charge in [-0.05, 0) is 24.1 Å². The van der Waals surface area contributed by atoms with Crippen molar-refractivity contribution in [1.82, 2.24) is 9.29 Å². The number of aryl methyl sites for hydroxylation is 1. The molecule has 1 unspecified atom stereocenters. The van der Waals surface area contributed by atoms with Crippen LogP contribution in [0.1, 0.15) is 5.56 Å². The smallest absolute Gasteiger partial charge is 0.350 e. The average molecular weight is 427 g/mol. The van der Waals surface area contributed by atoms with Crippen molar-refractivity contribution in [3.63, 3.8) is 0 Å². The van der Waals surface area contributed by atoms with E-state index < -0.39 is 44.2 Å². The quantitative estimate of drug-likeness (QED) is 0.481. The Morgan fingerprint density at radius 3 is 2.41 bits per heavy atom. The molecule has 1 N–H and O–H groups in total. The van der Waals surface area contributed by atoms with Crippen LogP contribution in [0.15, 0.2) is 59.6 Å². The number of sulfonamides is 1. The highest BCUT2D eigenvalue weighted by molar-refractivity contribution is 7.89. The van der Waals surface area contributed by atoms with Crippen LogP contribution in [0.25, 0.3) is 10.9 Å². The number of rotatable bonds is 6. The lowest BCUT2D eigenvalue weighted by molar-refractivity contribution is -0.387. The van der Waals surface area contributed by atoms with Crippen molar-refractivity contribution in [3.05, 3.63) is 70.4 Å². The van der Waals surface area contributed by atoms with Gasteiger partial charge in [-0.1, -0.05) is 30.3 Å². The largest absolute Gasteiger partial charge is 0.405 e. The second kappa shape index (κ2) is 7.48. The third-order valence-electron chi connectivity index (χ3n) is 4.45. The van der Waals surface area contributed by atoms with E-state index in [0.29, 0.717) is 16.5 Å². The zero-order chi connectivity index (χ0) is 21.4. The maximum Gasteiger partial charge on any atom is 0.405 e. The van der Waals surface area contributed by atoms with E-state index in [1.807, 2.05) is 0 Å². The fourth-order valence-corrected chi connectivity index (χ4v) is 4.51. The molecule has 1 atom stereocenters. The van der Waals surface area contributed by atoms with E-state index in [1.165, 1.54) is 18.3 Å². The highest BCUT2D eigenvalue weighted by Gasteiger charge is 2.43. The summed E-state index contributed by atoms with van der Waals surface area (Å²) in [7, 11) is -3.13. The highest BCUT2D eigenvalue weighted by Crippen LogP contribution is 2.30. The summed E-state index contributed by atoms with van der Waals surface area (Å²) in [6, 6.07) is 8.58. The van der Waals surface area contributed by atoms with E-state index >= 15 is 0 Å². The number of nitro groups is 1. The molecule has 0 fully saturated rings. The molecular weight excluding hydrogens is 411 g/mol. The molecule has 11 heteroatoms. The van der Waals surface area contributed by atoms with Crippen molar-refractivity contribution in [2.75, 3.05) is 0 Å². The SMILES string of the molecule is Cn1cc(CC(NS(=O)(=O)c2ccccc2[N+](=O)[O-])C(F)(F)F)c2ccccc21. The molecule has 1 aromatic heterocycles. The zero-order valence-corrected chi connectivity index (χ0v) is 15.9. The lowest BCUT2D eigenvalue weighted by Gasteiger charge is -2.21. The van der Waals surface area contributed by atoms with Gasteiger partial charge in [-0.25, -0.2) is 8.42 Å². The molecule has 3 rings (SSSR count). The predicted octanol–water partition coefficient (Wildman–Crippen LogP) is 3.54. The van der Waals surface area contributed by atoms with Gasteiger partial charge in [0.05, 0.1) is 4.92 Å². The highest BCUT2D eigenvalue weighted by atomic mass is 32.2. The predicted molar refractivity (Wildman–Crippen MR) is 99.9 cm³/mol. The monoisotopic (exact) mass is 427 g/mol. The molecular formula is C18H16F3N3O4S. The zero-order valence-electron chi connectivity index (χ0n) is 15.1. The van der Waals surface area contributed by atoms with Crippen LogP contribution in [0.5, 0.6) is 0 Å². The topological polar surface area (TPSA) is 94.2 Å². The van der Waals surface area contributed by atoms with Crippen LogP contribution in [-0.4, -0.2) is 30.1 Å². The fourth-order valence-electron chi connectivity index (χ4n) is 3.12. The molecule has 0 saturated carbocycles. The first kappa shape index (κ1) is 20.8. The number of fused-ring (bicyclic) bond motifs is 1. The summed E-state index contributed by atoms with van der Waals surface area (Å²) in [5, 5.41) is 11.6. The first-order valence-electron chi connectivity index (χ1n) is 8.36. The number of benzene rings is 2. The Hall–Kier alpha value is -2.92. The van der Waals surface area contributed by atoms with Crippen LogP contribution in [0, 0.1) is 10.1 Å². The van der Waals surface area contributed by atoms with Gasteiger partial charge in [0.15, 0.2) is 4.90 Å². The lowest BCUT2D eigenvalue weighted by atomic mass is 10.1. The van der Waals surface area contributed by atoms with E-state index in [4.69, 9.17) is 0 Å². The molecule has 0 aliphatic rings. The Morgan fingerprint density at radius 1 is 1.14 bits per heavy atom. The minimum absolute atomic E-state index is 0.302. The minimum atomic E-state index is -4.91. The van der Waals surface area contributed by atoms with E-state index in [-0.39, 0.29) is 0 Å². The van der Waals surface area contributed by atoms with Crippen molar-refractivity contribution in [2.24, 2.45) is 7.05 Å². The Labute approximate surface area is 164 Å². The standard InChI is InChI=1S/C18H16F3N3O4S/c1-23-11-12(13-6-2-3-7-14(13)23)10-17(18(19,20)21)22-29(27,28)16-9-5-4-8-15(16)24(25)26/h2-9,11,17,22H,10H2,1H3. The van der Waals surface area contributed by atoms with Gasteiger partial charge in [0, 0.05) is 30.2 Å². The number of nitro benzene ring substituents is 1. The van der Waals surface area contributed by atoms with Crippen LogP contribution in [-0.2, 0) is 23.5 Å². The second-order valence-electron chi connectivity index (χ2n) is 6.43. The number of aromatic nitrogens is 1. The van der Waals surface area contributed by atoms with Crippen molar-refractivity contribution in [2.45, 2.75) is 23.5 Å². The van der Waals surface area contributed by atoms with E-state index in [2.05, 4.69) is 0 Å². The van der Waals surface area contributed by atoms with Crippen LogP contribution in [0.2, 0.25) is 0 Å². The molecule has 2 aromatic carbocycles. The average Bonchev–Trinajstić information content (AvgIpc) is 2.96. The molecule has 0 bridgehead atoms.